The van der Waals surface area contributed by atoms with Crippen LogP contribution in [0.3, 0.4) is 0 Å². The molecule has 1 aromatic rings. The molecule has 1 heterocycles. The van der Waals surface area contributed by atoms with Gasteiger partial charge in [0, 0.05) is 9.75 Å². The summed E-state index contributed by atoms with van der Waals surface area (Å²) in [5.74, 6) is 0. The van der Waals surface area contributed by atoms with Gasteiger partial charge in [0.15, 0.2) is 0 Å². The van der Waals surface area contributed by atoms with Gasteiger partial charge in [-0.25, -0.2) is 0 Å². The standard InChI is InChI=1S/C16H18S/c1-10(2)6-7-12(4)16-13(5)17-15-9-11(3)8-14(15)16/h6-7,9H,1,4,8H2,2-3,5H3/b7-6-. The second-order valence-electron chi connectivity index (χ2n) is 4.75. The third kappa shape index (κ3) is 2.34. The Morgan fingerprint density at radius 3 is 2.65 bits per heavy atom. The van der Waals surface area contributed by atoms with Gasteiger partial charge in [0.05, 0.1) is 0 Å². The van der Waals surface area contributed by atoms with Gasteiger partial charge in [0.2, 0.25) is 0 Å². The predicted molar refractivity (Wildman–Crippen MR) is 79.4 cm³/mol. The Morgan fingerprint density at radius 1 is 1.29 bits per heavy atom. The van der Waals surface area contributed by atoms with E-state index < -0.39 is 0 Å². The summed E-state index contributed by atoms with van der Waals surface area (Å²) in [6, 6.07) is 0. The van der Waals surface area contributed by atoms with Crippen LogP contribution in [0.2, 0.25) is 0 Å². The number of hydrogen-bond acceptors (Lipinski definition) is 1. The van der Waals surface area contributed by atoms with Crippen LogP contribution in [0.5, 0.6) is 0 Å². The first-order valence-electron chi connectivity index (χ1n) is 5.81. The highest BCUT2D eigenvalue weighted by atomic mass is 32.1. The van der Waals surface area contributed by atoms with E-state index in [2.05, 4.69) is 39.2 Å². The van der Waals surface area contributed by atoms with Gasteiger partial charge in [0.1, 0.15) is 0 Å². The molecule has 88 valence electrons. The molecule has 0 aromatic carbocycles. The topological polar surface area (TPSA) is 0 Å². The summed E-state index contributed by atoms with van der Waals surface area (Å²) < 4.78 is 0. The molecule has 1 aliphatic rings. The lowest BCUT2D eigenvalue weighted by Gasteiger charge is -2.04. The van der Waals surface area contributed by atoms with Gasteiger partial charge in [-0.05, 0) is 50.0 Å². The zero-order valence-corrected chi connectivity index (χ0v) is 11.6. The van der Waals surface area contributed by atoms with E-state index >= 15 is 0 Å². The van der Waals surface area contributed by atoms with Crippen LogP contribution < -0.4 is 0 Å². The lowest BCUT2D eigenvalue weighted by molar-refractivity contribution is 1.19. The zero-order chi connectivity index (χ0) is 12.6. The molecule has 0 spiro atoms. The zero-order valence-electron chi connectivity index (χ0n) is 10.8. The van der Waals surface area contributed by atoms with E-state index in [-0.39, 0.29) is 0 Å². The fraction of sp³-hybridized carbons (Fsp3) is 0.250. The van der Waals surface area contributed by atoms with Gasteiger partial charge in [0.25, 0.3) is 0 Å². The average Bonchev–Trinajstić information content (AvgIpc) is 2.69. The monoisotopic (exact) mass is 242 g/mol. The van der Waals surface area contributed by atoms with Crippen molar-refractivity contribution in [2.75, 3.05) is 0 Å². The van der Waals surface area contributed by atoms with Crippen LogP contribution in [0, 0.1) is 6.92 Å². The Morgan fingerprint density at radius 2 is 2.00 bits per heavy atom. The summed E-state index contributed by atoms with van der Waals surface area (Å²) in [6.45, 7) is 14.4. The third-order valence-corrected chi connectivity index (χ3v) is 4.03. The Balaban J connectivity index is 2.36. The normalized spacial score (nSPS) is 13.9. The van der Waals surface area contributed by atoms with Crippen molar-refractivity contribution in [2.45, 2.75) is 27.2 Å². The molecule has 0 N–H and O–H groups in total. The van der Waals surface area contributed by atoms with Crippen molar-refractivity contribution in [1.82, 2.24) is 0 Å². The fourth-order valence-corrected chi connectivity index (χ4v) is 3.45. The van der Waals surface area contributed by atoms with E-state index in [1.807, 2.05) is 24.3 Å². The molecule has 2 rings (SSSR count). The van der Waals surface area contributed by atoms with Gasteiger partial charge in [-0.1, -0.05) is 36.5 Å². The minimum atomic E-state index is 1.06. The van der Waals surface area contributed by atoms with E-state index in [0.717, 1.165) is 17.6 Å². The largest absolute Gasteiger partial charge is 0.140 e. The Hall–Kier alpha value is -1.34. The summed E-state index contributed by atoms with van der Waals surface area (Å²) in [6.07, 6.45) is 7.48. The molecule has 0 saturated carbocycles. The molecule has 0 aliphatic heterocycles. The van der Waals surface area contributed by atoms with Gasteiger partial charge >= 0.3 is 0 Å². The van der Waals surface area contributed by atoms with Crippen molar-refractivity contribution < 1.29 is 0 Å². The number of aryl methyl sites for hydroxylation is 1. The van der Waals surface area contributed by atoms with Crippen LogP contribution >= 0.6 is 11.3 Å². The number of fused-ring (bicyclic) bond motifs is 1. The molecule has 0 radical (unpaired) electrons. The van der Waals surface area contributed by atoms with E-state index in [9.17, 15) is 0 Å². The first kappa shape index (κ1) is 12.1. The SMILES string of the molecule is C=C(C)/C=C\C(=C)c1c(C)sc2c1CC(C)=C2. The van der Waals surface area contributed by atoms with Crippen molar-refractivity contribution in [2.24, 2.45) is 0 Å². The molecular weight excluding hydrogens is 224 g/mol. The van der Waals surface area contributed by atoms with Gasteiger partial charge < -0.3 is 0 Å². The van der Waals surface area contributed by atoms with Crippen molar-refractivity contribution in [1.29, 1.82) is 0 Å². The van der Waals surface area contributed by atoms with Gasteiger partial charge in [-0.3, -0.25) is 0 Å². The second kappa shape index (κ2) is 4.50. The summed E-state index contributed by atoms with van der Waals surface area (Å²) in [5.41, 5.74) is 6.41. The number of rotatable bonds is 3. The molecule has 0 fully saturated rings. The van der Waals surface area contributed by atoms with E-state index in [0.29, 0.717) is 0 Å². The Labute approximate surface area is 108 Å². The Bertz CT molecular complexity index is 550. The molecule has 0 bridgehead atoms. The Kier molecular flexibility index (Phi) is 3.21. The van der Waals surface area contributed by atoms with Crippen LogP contribution in [0.15, 0.2) is 36.5 Å². The highest BCUT2D eigenvalue weighted by Gasteiger charge is 2.19. The molecule has 1 aliphatic carbocycles. The maximum absolute atomic E-state index is 4.19. The molecular formula is C16H18S. The van der Waals surface area contributed by atoms with Gasteiger partial charge in [-0.2, -0.15) is 0 Å². The van der Waals surface area contributed by atoms with E-state index in [1.165, 1.54) is 26.5 Å². The van der Waals surface area contributed by atoms with Crippen LogP contribution in [-0.4, -0.2) is 0 Å². The van der Waals surface area contributed by atoms with Crippen molar-refractivity contribution in [3.63, 3.8) is 0 Å². The first-order chi connectivity index (χ1) is 7.99. The summed E-state index contributed by atoms with van der Waals surface area (Å²) >= 11 is 1.88. The second-order valence-corrected chi connectivity index (χ2v) is 6.00. The molecule has 0 nitrogen and oxygen atoms in total. The minimum Gasteiger partial charge on any atom is -0.140 e. The third-order valence-electron chi connectivity index (χ3n) is 2.94. The van der Waals surface area contributed by atoms with E-state index in [4.69, 9.17) is 0 Å². The highest BCUT2D eigenvalue weighted by Crippen LogP contribution is 2.39. The van der Waals surface area contributed by atoms with Crippen LogP contribution in [0.4, 0.5) is 0 Å². The van der Waals surface area contributed by atoms with Crippen molar-refractivity contribution in [3.8, 4) is 0 Å². The first-order valence-corrected chi connectivity index (χ1v) is 6.63. The smallest absolute Gasteiger partial charge is 0.0314 e. The molecule has 0 saturated heterocycles. The number of allylic oxidation sites excluding steroid dienone is 5. The average molecular weight is 242 g/mol. The number of thiophene rings is 1. The molecule has 0 amide bonds. The van der Waals surface area contributed by atoms with Crippen LogP contribution in [-0.2, 0) is 6.42 Å². The molecule has 1 heteroatoms. The summed E-state index contributed by atoms with van der Waals surface area (Å²) in [5, 5.41) is 0. The number of hydrogen-bond donors (Lipinski definition) is 0. The van der Waals surface area contributed by atoms with Crippen molar-refractivity contribution in [3.05, 3.63) is 57.3 Å². The summed E-state index contributed by atoms with van der Waals surface area (Å²) in [4.78, 5) is 2.79. The quantitative estimate of drug-likeness (QED) is 0.642. The summed E-state index contributed by atoms with van der Waals surface area (Å²) in [7, 11) is 0. The lowest BCUT2D eigenvalue weighted by atomic mass is 10.00. The van der Waals surface area contributed by atoms with Gasteiger partial charge in [-0.15, -0.1) is 11.3 Å². The van der Waals surface area contributed by atoms with Crippen LogP contribution in [0.25, 0.3) is 11.6 Å². The fourth-order valence-electron chi connectivity index (χ4n) is 2.21. The lowest BCUT2D eigenvalue weighted by Crippen LogP contribution is -1.88. The van der Waals surface area contributed by atoms with E-state index in [1.54, 1.807) is 0 Å². The molecule has 1 aromatic heterocycles. The molecule has 17 heavy (non-hydrogen) atoms. The maximum atomic E-state index is 4.19. The molecule has 0 unspecified atom stereocenters. The highest BCUT2D eigenvalue weighted by molar-refractivity contribution is 7.13. The van der Waals surface area contributed by atoms with Crippen molar-refractivity contribution >= 4 is 23.0 Å². The maximum Gasteiger partial charge on any atom is 0.0314 e. The predicted octanol–water partition coefficient (Wildman–Crippen LogP) is 5.16. The molecule has 0 atom stereocenters. The minimum absolute atomic E-state index is 1.06. The van der Waals surface area contributed by atoms with Crippen LogP contribution in [0.1, 0.15) is 34.7 Å².